The maximum absolute atomic E-state index is 12.9. The summed E-state index contributed by atoms with van der Waals surface area (Å²) in [7, 11) is 0. The van der Waals surface area contributed by atoms with Crippen LogP contribution in [0.5, 0.6) is 0 Å². The first-order chi connectivity index (χ1) is 7.58. The number of halogens is 2. The molecule has 0 atom stereocenters. The van der Waals surface area contributed by atoms with Gasteiger partial charge in [0.25, 0.3) is 0 Å². The van der Waals surface area contributed by atoms with Crippen molar-refractivity contribution < 1.29 is 8.78 Å². The molecule has 0 fully saturated rings. The van der Waals surface area contributed by atoms with Gasteiger partial charge in [0.05, 0.1) is 0 Å². The Morgan fingerprint density at radius 3 is 2.31 bits per heavy atom. The van der Waals surface area contributed by atoms with Crippen LogP contribution < -0.4 is 5.32 Å². The van der Waals surface area contributed by atoms with E-state index in [1.54, 1.807) is 0 Å². The van der Waals surface area contributed by atoms with Crippen molar-refractivity contribution in [2.75, 3.05) is 13.1 Å². The molecule has 0 aliphatic heterocycles. The van der Waals surface area contributed by atoms with Crippen molar-refractivity contribution in [2.24, 2.45) is 5.92 Å². The largest absolute Gasteiger partial charge is 0.316 e. The number of benzene rings is 1. The Morgan fingerprint density at radius 2 is 1.75 bits per heavy atom. The summed E-state index contributed by atoms with van der Waals surface area (Å²) in [4.78, 5) is 0. The van der Waals surface area contributed by atoms with E-state index in [1.165, 1.54) is 12.1 Å². The van der Waals surface area contributed by atoms with Crippen LogP contribution in [0.2, 0.25) is 0 Å². The molecule has 0 heterocycles. The lowest BCUT2D eigenvalue weighted by molar-refractivity contribution is 0.541. The van der Waals surface area contributed by atoms with Crippen LogP contribution >= 0.6 is 0 Å². The molecule has 0 saturated carbocycles. The minimum absolute atomic E-state index is 0.495. The molecule has 0 radical (unpaired) electrons. The highest BCUT2D eigenvalue weighted by Crippen LogP contribution is 2.09. The zero-order chi connectivity index (χ0) is 12.0. The summed E-state index contributed by atoms with van der Waals surface area (Å²) in [6.07, 6.45) is 1.61. The lowest BCUT2D eigenvalue weighted by Crippen LogP contribution is -2.21. The molecule has 0 aliphatic carbocycles. The molecule has 1 nitrogen and oxygen atoms in total. The molecule has 0 saturated heterocycles. The molecule has 16 heavy (non-hydrogen) atoms. The van der Waals surface area contributed by atoms with Gasteiger partial charge in [-0.15, -0.1) is 0 Å². The van der Waals surface area contributed by atoms with Gasteiger partial charge in [-0.05, 0) is 49.5 Å². The fourth-order valence-corrected chi connectivity index (χ4v) is 1.56. The summed E-state index contributed by atoms with van der Waals surface area (Å²) >= 11 is 0. The molecule has 1 rings (SSSR count). The average molecular weight is 227 g/mol. The second kappa shape index (κ2) is 6.59. The fraction of sp³-hybridized carbons (Fsp3) is 0.538. The number of aryl methyl sites for hydroxylation is 1. The average Bonchev–Trinajstić information content (AvgIpc) is 2.15. The molecule has 0 aliphatic rings. The topological polar surface area (TPSA) is 12.0 Å². The molecule has 0 unspecified atom stereocenters. The van der Waals surface area contributed by atoms with Crippen LogP contribution in [0.25, 0.3) is 0 Å². The van der Waals surface area contributed by atoms with E-state index < -0.39 is 11.6 Å². The first kappa shape index (κ1) is 13.1. The lowest BCUT2D eigenvalue weighted by atomic mass is 10.1. The third-order valence-electron chi connectivity index (χ3n) is 2.29. The lowest BCUT2D eigenvalue weighted by Gasteiger charge is -2.07. The molecule has 0 amide bonds. The van der Waals surface area contributed by atoms with Crippen molar-refractivity contribution in [3.8, 4) is 0 Å². The van der Waals surface area contributed by atoms with E-state index in [0.29, 0.717) is 12.3 Å². The Bertz CT molecular complexity index is 303. The molecule has 0 spiro atoms. The van der Waals surface area contributed by atoms with Crippen LogP contribution in [0.15, 0.2) is 18.2 Å². The van der Waals surface area contributed by atoms with Crippen molar-refractivity contribution in [3.05, 3.63) is 35.4 Å². The van der Waals surface area contributed by atoms with E-state index >= 15 is 0 Å². The Hall–Kier alpha value is -0.960. The predicted molar refractivity (Wildman–Crippen MR) is 62.4 cm³/mol. The Kier molecular flexibility index (Phi) is 5.39. The maximum atomic E-state index is 12.9. The highest BCUT2D eigenvalue weighted by molar-refractivity contribution is 5.17. The van der Waals surface area contributed by atoms with E-state index in [9.17, 15) is 8.78 Å². The maximum Gasteiger partial charge on any atom is 0.126 e. The molecular weight excluding hydrogens is 208 g/mol. The van der Waals surface area contributed by atoms with Gasteiger partial charge in [0.2, 0.25) is 0 Å². The van der Waals surface area contributed by atoms with Crippen LogP contribution in [0.1, 0.15) is 25.8 Å². The van der Waals surface area contributed by atoms with E-state index in [4.69, 9.17) is 0 Å². The first-order valence-corrected chi connectivity index (χ1v) is 5.73. The van der Waals surface area contributed by atoms with Crippen LogP contribution in [-0.2, 0) is 6.42 Å². The summed E-state index contributed by atoms with van der Waals surface area (Å²) in [6.45, 7) is 6.16. The minimum atomic E-state index is -0.495. The van der Waals surface area contributed by atoms with Gasteiger partial charge in [-0.3, -0.25) is 0 Å². The molecular formula is C13H19F2N. The van der Waals surface area contributed by atoms with E-state index in [-0.39, 0.29) is 0 Å². The Balaban J connectivity index is 2.26. The molecule has 0 bridgehead atoms. The third kappa shape index (κ3) is 5.21. The van der Waals surface area contributed by atoms with Gasteiger partial charge in [0.15, 0.2) is 0 Å². The zero-order valence-electron chi connectivity index (χ0n) is 9.89. The Labute approximate surface area is 95.9 Å². The van der Waals surface area contributed by atoms with Gasteiger partial charge < -0.3 is 5.32 Å². The standard InChI is InChI=1S/C13H19F2N/c1-10(2)9-16-5-3-4-11-6-12(14)8-13(15)7-11/h6-8,10,16H,3-5,9H2,1-2H3. The molecule has 0 aromatic heterocycles. The highest BCUT2D eigenvalue weighted by atomic mass is 19.1. The monoisotopic (exact) mass is 227 g/mol. The summed E-state index contributed by atoms with van der Waals surface area (Å²) in [5.74, 6) is -0.359. The molecule has 1 aromatic carbocycles. The van der Waals surface area contributed by atoms with Gasteiger partial charge in [0, 0.05) is 6.07 Å². The second-order valence-corrected chi connectivity index (χ2v) is 4.48. The van der Waals surface area contributed by atoms with Gasteiger partial charge in [-0.2, -0.15) is 0 Å². The molecule has 1 N–H and O–H groups in total. The number of hydrogen-bond acceptors (Lipinski definition) is 1. The second-order valence-electron chi connectivity index (χ2n) is 4.48. The molecule has 3 heteroatoms. The smallest absolute Gasteiger partial charge is 0.126 e. The van der Waals surface area contributed by atoms with Crippen LogP contribution in [0.4, 0.5) is 8.78 Å². The summed E-state index contributed by atoms with van der Waals surface area (Å²) < 4.78 is 25.7. The highest BCUT2D eigenvalue weighted by Gasteiger charge is 2.00. The van der Waals surface area contributed by atoms with E-state index in [1.807, 2.05) is 0 Å². The van der Waals surface area contributed by atoms with Crippen molar-refractivity contribution in [3.63, 3.8) is 0 Å². The van der Waals surface area contributed by atoms with Crippen molar-refractivity contribution in [2.45, 2.75) is 26.7 Å². The molecule has 1 aromatic rings. The first-order valence-electron chi connectivity index (χ1n) is 5.73. The van der Waals surface area contributed by atoms with Gasteiger partial charge in [0.1, 0.15) is 11.6 Å². The number of nitrogens with one attached hydrogen (secondary N) is 1. The predicted octanol–water partition coefficient (Wildman–Crippen LogP) is 3.14. The van der Waals surface area contributed by atoms with Crippen molar-refractivity contribution >= 4 is 0 Å². The summed E-state index contributed by atoms with van der Waals surface area (Å²) in [5.41, 5.74) is 0.726. The van der Waals surface area contributed by atoms with E-state index in [2.05, 4.69) is 19.2 Å². The van der Waals surface area contributed by atoms with Crippen LogP contribution in [0.3, 0.4) is 0 Å². The zero-order valence-corrected chi connectivity index (χ0v) is 9.89. The van der Waals surface area contributed by atoms with E-state index in [0.717, 1.165) is 31.1 Å². The summed E-state index contributed by atoms with van der Waals surface area (Å²) in [5, 5.41) is 3.30. The number of rotatable bonds is 6. The van der Waals surface area contributed by atoms with Gasteiger partial charge >= 0.3 is 0 Å². The minimum Gasteiger partial charge on any atom is -0.316 e. The molecule has 90 valence electrons. The normalized spacial score (nSPS) is 11.1. The third-order valence-corrected chi connectivity index (χ3v) is 2.29. The number of hydrogen-bond donors (Lipinski definition) is 1. The quantitative estimate of drug-likeness (QED) is 0.736. The van der Waals surface area contributed by atoms with Gasteiger partial charge in [-0.1, -0.05) is 13.8 Å². The van der Waals surface area contributed by atoms with Crippen LogP contribution in [-0.4, -0.2) is 13.1 Å². The van der Waals surface area contributed by atoms with Crippen molar-refractivity contribution in [1.82, 2.24) is 5.32 Å². The SMILES string of the molecule is CC(C)CNCCCc1cc(F)cc(F)c1. The Morgan fingerprint density at radius 1 is 1.12 bits per heavy atom. The summed E-state index contributed by atoms with van der Waals surface area (Å²) in [6, 6.07) is 3.69. The fourth-order valence-electron chi connectivity index (χ4n) is 1.56. The van der Waals surface area contributed by atoms with Crippen LogP contribution in [0, 0.1) is 17.6 Å². The van der Waals surface area contributed by atoms with Gasteiger partial charge in [-0.25, -0.2) is 8.78 Å². The van der Waals surface area contributed by atoms with Crippen molar-refractivity contribution in [1.29, 1.82) is 0 Å².